The van der Waals surface area contributed by atoms with E-state index in [1.54, 1.807) is 6.92 Å². The van der Waals surface area contributed by atoms with E-state index in [1.165, 1.54) is 0 Å². The summed E-state index contributed by atoms with van der Waals surface area (Å²) in [7, 11) is 0. The summed E-state index contributed by atoms with van der Waals surface area (Å²) in [5.74, 6) is -0.464. The summed E-state index contributed by atoms with van der Waals surface area (Å²) in [6, 6.07) is 0. The molecule has 0 bridgehead atoms. The summed E-state index contributed by atoms with van der Waals surface area (Å²) in [5.41, 5.74) is 0. The van der Waals surface area contributed by atoms with Crippen LogP contribution in [0.25, 0.3) is 0 Å². The minimum atomic E-state index is -0.641. The Morgan fingerprint density at radius 1 is 1.67 bits per heavy atom. The third kappa shape index (κ3) is 1.19. The zero-order valence-electron chi connectivity index (χ0n) is 5.01. The van der Waals surface area contributed by atoms with Crippen LogP contribution in [0.1, 0.15) is 6.92 Å². The van der Waals surface area contributed by atoms with Gasteiger partial charge in [0.2, 0.25) is 5.91 Å². The summed E-state index contributed by atoms with van der Waals surface area (Å²) in [4.78, 5) is 20.9. The normalized spacial score (nSPS) is 27.0. The van der Waals surface area contributed by atoms with Crippen LogP contribution in [0, 0.1) is 5.92 Å². The molecule has 1 heterocycles. The molecule has 0 aromatic carbocycles. The Hall–Kier alpha value is -1.06. The Labute approximate surface area is 52.2 Å². The van der Waals surface area contributed by atoms with Crippen LogP contribution in [0.3, 0.4) is 0 Å². The predicted octanol–water partition coefficient (Wildman–Crippen LogP) is -0.111. The van der Waals surface area contributed by atoms with Gasteiger partial charge in [-0.2, -0.15) is 0 Å². The molecule has 1 rings (SSSR count). The fraction of sp³-hybridized carbons (Fsp3) is 0.600. The standard InChI is InChI=1S/C5H7NO3/c1-3-2-9-5(8)6-4(3)7/h3H,2H2,1H3,(H,6,7,8). The second-order valence-corrected chi connectivity index (χ2v) is 1.99. The lowest BCUT2D eigenvalue weighted by Gasteiger charge is -2.16. The Bertz CT molecular complexity index is 154. The maximum atomic E-state index is 10.6. The molecule has 0 aliphatic carbocycles. The maximum absolute atomic E-state index is 10.6. The Morgan fingerprint density at radius 3 is 2.78 bits per heavy atom. The monoisotopic (exact) mass is 129 g/mol. The van der Waals surface area contributed by atoms with Crippen molar-refractivity contribution in [1.29, 1.82) is 0 Å². The molecule has 1 aliphatic heterocycles. The minimum Gasteiger partial charge on any atom is -0.448 e. The number of carbonyl (C=O) groups excluding carboxylic acids is 2. The molecule has 9 heavy (non-hydrogen) atoms. The van der Waals surface area contributed by atoms with Crippen LogP contribution in [-0.4, -0.2) is 18.6 Å². The Balaban J connectivity index is 2.54. The fourth-order valence-electron chi connectivity index (χ4n) is 0.536. The molecule has 4 nitrogen and oxygen atoms in total. The summed E-state index contributed by atoms with van der Waals surface area (Å²) in [5, 5.41) is 2.03. The minimum absolute atomic E-state index is 0.199. The van der Waals surface area contributed by atoms with Crippen molar-refractivity contribution in [3.05, 3.63) is 0 Å². The molecule has 0 aromatic rings. The highest BCUT2D eigenvalue weighted by Gasteiger charge is 2.22. The van der Waals surface area contributed by atoms with Gasteiger partial charge < -0.3 is 4.74 Å². The van der Waals surface area contributed by atoms with E-state index in [2.05, 4.69) is 4.74 Å². The highest BCUT2D eigenvalue weighted by atomic mass is 16.6. The van der Waals surface area contributed by atoms with Crippen molar-refractivity contribution in [2.24, 2.45) is 5.92 Å². The van der Waals surface area contributed by atoms with Crippen molar-refractivity contribution in [3.63, 3.8) is 0 Å². The third-order valence-electron chi connectivity index (χ3n) is 1.14. The predicted molar refractivity (Wildman–Crippen MR) is 28.7 cm³/mol. The van der Waals surface area contributed by atoms with E-state index in [0.29, 0.717) is 0 Å². The maximum Gasteiger partial charge on any atom is 0.413 e. The topological polar surface area (TPSA) is 55.4 Å². The van der Waals surface area contributed by atoms with Crippen LogP contribution in [0.5, 0.6) is 0 Å². The zero-order valence-corrected chi connectivity index (χ0v) is 5.01. The van der Waals surface area contributed by atoms with E-state index in [4.69, 9.17) is 0 Å². The van der Waals surface area contributed by atoms with Gasteiger partial charge in [-0.3, -0.25) is 10.1 Å². The summed E-state index contributed by atoms with van der Waals surface area (Å²) < 4.78 is 4.49. The Kier molecular flexibility index (Phi) is 1.38. The van der Waals surface area contributed by atoms with Crippen LogP contribution in [-0.2, 0) is 9.53 Å². The van der Waals surface area contributed by atoms with Crippen LogP contribution >= 0.6 is 0 Å². The second kappa shape index (κ2) is 2.05. The number of ether oxygens (including phenoxy) is 1. The van der Waals surface area contributed by atoms with Gasteiger partial charge in [-0.05, 0) is 0 Å². The highest BCUT2D eigenvalue weighted by molar-refractivity contribution is 5.94. The number of alkyl carbamates (subject to hydrolysis) is 1. The molecule has 0 radical (unpaired) electrons. The van der Waals surface area contributed by atoms with Gasteiger partial charge >= 0.3 is 6.09 Å². The van der Waals surface area contributed by atoms with E-state index in [-0.39, 0.29) is 18.4 Å². The lowest BCUT2D eigenvalue weighted by Crippen LogP contribution is -2.42. The van der Waals surface area contributed by atoms with Crippen molar-refractivity contribution in [3.8, 4) is 0 Å². The SMILES string of the molecule is CC1COC(=O)NC1=O. The number of amides is 2. The quantitative estimate of drug-likeness (QED) is 0.496. The van der Waals surface area contributed by atoms with Crippen molar-refractivity contribution in [1.82, 2.24) is 5.32 Å². The van der Waals surface area contributed by atoms with E-state index in [9.17, 15) is 9.59 Å². The number of carbonyl (C=O) groups is 2. The van der Waals surface area contributed by atoms with Crippen LogP contribution in [0.4, 0.5) is 4.79 Å². The van der Waals surface area contributed by atoms with Crippen molar-refractivity contribution in [2.75, 3.05) is 6.61 Å². The molecule has 50 valence electrons. The van der Waals surface area contributed by atoms with E-state index in [0.717, 1.165) is 0 Å². The van der Waals surface area contributed by atoms with Gasteiger partial charge in [0, 0.05) is 0 Å². The number of cyclic esters (lactones) is 1. The smallest absolute Gasteiger partial charge is 0.413 e. The lowest BCUT2D eigenvalue weighted by atomic mass is 10.2. The first-order chi connectivity index (χ1) is 4.20. The van der Waals surface area contributed by atoms with E-state index in [1.807, 2.05) is 5.32 Å². The van der Waals surface area contributed by atoms with Gasteiger partial charge in [-0.25, -0.2) is 4.79 Å². The first-order valence-electron chi connectivity index (χ1n) is 2.68. The van der Waals surface area contributed by atoms with Crippen LogP contribution < -0.4 is 5.32 Å². The molecule has 0 spiro atoms. The first-order valence-corrected chi connectivity index (χ1v) is 2.68. The van der Waals surface area contributed by atoms with Crippen molar-refractivity contribution >= 4 is 12.0 Å². The molecule has 1 aliphatic rings. The molecule has 4 heteroatoms. The molecule has 0 aromatic heterocycles. The molecule has 1 N–H and O–H groups in total. The molecule has 1 fully saturated rings. The van der Waals surface area contributed by atoms with Gasteiger partial charge in [0.05, 0.1) is 5.92 Å². The largest absolute Gasteiger partial charge is 0.448 e. The molecular weight excluding hydrogens is 122 g/mol. The number of imide groups is 1. The fourth-order valence-corrected chi connectivity index (χ4v) is 0.536. The highest BCUT2D eigenvalue weighted by Crippen LogP contribution is 2.01. The average Bonchev–Trinajstić information content (AvgIpc) is 1.80. The average molecular weight is 129 g/mol. The summed E-state index contributed by atoms with van der Waals surface area (Å²) in [6.45, 7) is 1.90. The third-order valence-corrected chi connectivity index (χ3v) is 1.14. The van der Waals surface area contributed by atoms with Gasteiger partial charge in [0.25, 0.3) is 0 Å². The van der Waals surface area contributed by atoms with E-state index >= 15 is 0 Å². The Morgan fingerprint density at radius 2 is 2.33 bits per heavy atom. The molecular formula is C5H7NO3. The summed E-state index contributed by atoms with van der Waals surface area (Å²) in [6.07, 6.45) is -0.641. The van der Waals surface area contributed by atoms with Crippen LogP contribution in [0.2, 0.25) is 0 Å². The van der Waals surface area contributed by atoms with Crippen molar-refractivity contribution in [2.45, 2.75) is 6.92 Å². The second-order valence-electron chi connectivity index (χ2n) is 1.99. The van der Waals surface area contributed by atoms with Gasteiger partial charge in [-0.15, -0.1) is 0 Å². The molecule has 1 unspecified atom stereocenters. The van der Waals surface area contributed by atoms with Gasteiger partial charge in [0.15, 0.2) is 0 Å². The van der Waals surface area contributed by atoms with Crippen molar-refractivity contribution < 1.29 is 14.3 Å². The van der Waals surface area contributed by atoms with E-state index < -0.39 is 6.09 Å². The lowest BCUT2D eigenvalue weighted by molar-refractivity contribution is -0.127. The zero-order chi connectivity index (χ0) is 6.85. The number of hydrogen-bond donors (Lipinski definition) is 1. The summed E-state index contributed by atoms with van der Waals surface area (Å²) >= 11 is 0. The molecule has 2 amide bonds. The first kappa shape index (κ1) is 6.07. The molecule has 0 saturated carbocycles. The van der Waals surface area contributed by atoms with Gasteiger partial charge in [0.1, 0.15) is 6.61 Å². The number of rotatable bonds is 0. The van der Waals surface area contributed by atoms with Crippen LogP contribution in [0.15, 0.2) is 0 Å². The number of nitrogens with one attached hydrogen (secondary N) is 1. The molecule has 1 saturated heterocycles. The molecule has 1 atom stereocenters. The van der Waals surface area contributed by atoms with Gasteiger partial charge in [-0.1, -0.05) is 6.92 Å². The number of hydrogen-bond acceptors (Lipinski definition) is 3.